The Bertz CT molecular complexity index is 3170. The lowest BCUT2D eigenvalue weighted by atomic mass is 9.81. The Morgan fingerprint density at radius 2 is 0.842 bits per heavy atom. The highest BCUT2D eigenvalue weighted by molar-refractivity contribution is 6.25. The molecule has 0 atom stereocenters. The van der Waals surface area contributed by atoms with Crippen LogP contribution < -0.4 is 0 Å². The van der Waals surface area contributed by atoms with Crippen molar-refractivity contribution in [2.75, 3.05) is 0 Å². The van der Waals surface area contributed by atoms with E-state index >= 15 is 0 Å². The second-order valence-corrected chi connectivity index (χ2v) is 15.5. The highest BCUT2D eigenvalue weighted by atomic mass is 15.0. The molecule has 57 heavy (non-hydrogen) atoms. The zero-order chi connectivity index (χ0) is 38.1. The predicted molar refractivity (Wildman–Crippen MR) is 235 cm³/mol. The smallest absolute Gasteiger partial charge is 0.164 e. The normalized spacial score (nSPS) is 12.9. The second-order valence-electron chi connectivity index (χ2n) is 15.5. The molecule has 0 N–H and O–H groups in total. The van der Waals surface area contributed by atoms with Crippen LogP contribution in [-0.2, 0) is 5.41 Å². The van der Waals surface area contributed by atoms with Crippen molar-refractivity contribution in [1.82, 2.24) is 19.9 Å². The molecular weight excluding hydrogens is 693 g/mol. The first kappa shape index (κ1) is 33.1. The van der Waals surface area contributed by atoms with Crippen LogP contribution in [0, 0.1) is 0 Å². The maximum Gasteiger partial charge on any atom is 0.164 e. The topological polar surface area (TPSA) is 51.6 Å². The monoisotopic (exact) mass is 728 g/mol. The Morgan fingerprint density at radius 1 is 0.333 bits per heavy atom. The van der Waals surface area contributed by atoms with E-state index in [4.69, 9.17) is 15.0 Å². The fourth-order valence-electron chi connectivity index (χ4n) is 8.86. The first-order chi connectivity index (χ1) is 28.0. The molecule has 0 bridgehead atoms. The summed E-state index contributed by atoms with van der Waals surface area (Å²) in [5.74, 6) is 1.88. The van der Waals surface area contributed by atoms with Gasteiger partial charge >= 0.3 is 0 Å². The minimum absolute atomic E-state index is 0.0822. The molecule has 1 aliphatic rings. The van der Waals surface area contributed by atoms with Crippen molar-refractivity contribution in [3.63, 3.8) is 0 Å². The van der Waals surface area contributed by atoms with Crippen molar-refractivity contribution in [3.8, 4) is 67.7 Å². The largest absolute Gasteiger partial charge is 0.256 e. The minimum Gasteiger partial charge on any atom is -0.256 e. The molecular formula is C53H36N4. The molecule has 8 aromatic carbocycles. The van der Waals surface area contributed by atoms with E-state index in [2.05, 4.69) is 177 Å². The number of fused-ring (bicyclic) bond motifs is 9. The molecule has 11 rings (SSSR count). The van der Waals surface area contributed by atoms with Gasteiger partial charge in [0.25, 0.3) is 0 Å². The fourth-order valence-corrected chi connectivity index (χ4v) is 8.86. The molecule has 10 aromatic rings. The summed E-state index contributed by atoms with van der Waals surface area (Å²) in [6.07, 6.45) is 1.82. The lowest BCUT2D eigenvalue weighted by Gasteiger charge is -2.22. The number of hydrogen-bond donors (Lipinski definition) is 0. The quantitative estimate of drug-likeness (QED) is 0.166. The van der Waals surface area contributed by atoms with E-state index in [0.29, 0.717) is 17.5 Å². The van der Waals surface area contributed by atoms with Crippen molar-refractivity contribution in [1.29, 1.82) is 0 Å². The molecule has 0 fully saturated rings. The lowest BCUT2D eigenvalue weighted by molar-refractivity contribution is 0.660. The molecule has 4 nitrogen and oxygen atoms in total. The number of hydrogen-bond acceptors (Lipinski definition) is 4. The molecule has 4 heteroatoms. The van der Waals surface area contributed by atoms with E-state index in [1.807, 2.05) is 24.4 Å². The number of nitrogens with zero attached hydrogens (tertiary/aromatic N) is 4. The zero-order valence-corrected chi connectivity index (χ0v) is 31.6. The molecule has 268 valence electrons. The maximum absolute atomic E-state index is 5.22. The van der Waals surface area contributed by atoms with E-state index in [1.165, 1.54) is 60.1 Å². The zero-order valence-electron chi connectivity index (χ0n) is 31.6. The molecule has 0 radical (unpaired) electrons. The highest BCUT2D eigenvalue weighted by Crippen LogP contribution is 2.49. The van der Waals surface area contributed by atoms with Gasteiger partial charge in [-0.15, -0.1) is 0 Å². The third-order valence-corrected chi connectivity index (χ3v) is 11.8. The van der Waals surface area contributed by atoms with Crippen LogP contribution in [0.4, 0.5) is 0 Å². The summed E-state index contributed by atoms with van der Waals surface area (Å²) in [6, 6.07) is 62.5. The molecule has 0 spiro atoms. The van der Waals surface area contributed by atoms with Crippen LogP contribution in [0.5, 0.6) is 0 Å². The average molecular weight is 729 g/mol. The summed E-state index contributed by atoms with van der Waals surface area (Å²) in [5, 5.41) is 7.32. The third-order valence-electron chi connectivity index (χ3n) is 11.8. The van der Waals surface area contributed by atoms with Crippen LogP contribution in [0.15, 0.2) is 182 Å². The van der Waals surface area contributed by atoms with Gasteiger partial charge in [0.1, 0.15) is 0 Å². The second kappa shape index (κ2) is 12.9. The van der Waals surface area contributed by atoms with E-state index in [-0.39, 0.29) is 5.41 Å². The van der Waals surface area contributed by atoms with Gasteiger partial charge in [0, 0.05) is 33.9 Å². The summed E-state index contributed by atoms with van der Waals surface area (Å²) < 4.78 is 0. The van der Waals surface area contributed by atoms with Crippen molar-refractivity contribution in [3.05, 3.63) is 193 Å². The van der Waals surface area contributed by atoms with Gasteiger partial charge in [0.05, 0.1) is 5.69 Å². The third kappa shape index (κ3) is 5.44. The van der Waals surface area contributed by atoms with Crippen molar-refractivity contribution >= 4 is 32.3 Å². The molecule has 0 unspecified atom stereocenters. The number of pyridine rings is 1. The van der Waals surface area contributed by atoms with Gasteiger partial charge in [-0.3, -0.25) is 4.98 Å². The molecule has 2 heterocycles. The van der Waals surface area contributed by atoms with Crippen LogP contribution in [0.25, 0.3) is 100.0 Å². The minimum atomic E-state index is -0.0822. The van der Waals surface area contributed by atoms with Crippen molar-refractivity contribution < 1.29 is 0 Å². The Balaban J connectivity index is 1.06. The average Bonchev–Trinajstić information content (AvgIpc) is 3.51. The van der Waals surface area contributed by atoms with Gasteiger partial charge in [-0.2, -0.15) is 0 Å². The Kier molecular flexibility index (Phi) is 7.48. The van der Waals surface area contributed by atoms with E-state index in [9.17, 15) is 0 Å². The van der Waals surface area contributed by atoms with Gasteiger partial charge in [-0.1, -0.05) is 159 Å². The highest BCUT2D eigenvalue weighted by Gasteiger charge is 2.35. The molecule has 0 saturated carbocycles. The number of aromatic nitrogens is 4. The van der Waals surface area contributed by atoms with E-state index in [1.54, 1.807) is 0 Å². The van der Waals surface area contributed by atoms with Crippen LogP contribution in [0.1, 0.15) is 25.0 Å². The first-order valence-corrected chi connectivity index (χ1v) is 19.5. The SMILES string of the molecule is CC1(C)c2ccccc2-c2ccc(-c3cccc(-c4nc(-c5ccc(-c6ccccn6)cc5)nc(-c5ccc6c7ccccc7c7ccccc7c6c5)n4)c3)cc21. The van der Waals surface area contributed by atoms with Gasteiger partial charge in [0.15, 0.2) is 17.5 Å². The van der Waals surface area contributed by atoms with Gasteiger partial charge in [-0.25, -0.2) is 15.0 Å². The molecule has 0 aliphatic heterocycles. The van der Waals surface area contributed by atoms with Crippen LogP contribution in [0.2, 0.25) is 0 Å². The Labute approximate surface area is 331 Å². The Hall–Kier alpha value is -7.30. The summed E-state index contributed by atoms with van der Waals surface area (Å²) >= 11 is 0. The predicted octanol–water partition coefficient (Wildman–Crippen LogP) is 13.4. The van der Waals surface area contributed by atoms with Crippen molar-refractivity contribution in [2.24, 2.45) is 0 Å². The molecule has 0 saturated heterocycles. The number of benzene rings is 8. The Morgan fingerprint density at radius 3 is 1.54 bits per heavy atom. The van der Waals surface area contributed by atoms with Crippen LogP contribution in [-0.4, -0.2) is 19.9 Å². The molecule has 1 aliphatic carbocycles. The standard InChI is InChI=1S/C53H36N4/c1-53(2)47-19-8-7-18-44(47)45-28-25-36(32-48(45)53)35-12-11-13-37(30-35)51-55-50(34-23-21-33(22-24-34)49-20-9-10-29-54-49)56-52(57-51)38-26-27-43-41-16-4-3-14-39(41)40-15-5-6-17-42(40)46(43)31-38/h3-32H,1-2H3. The summed E-state index contributed by atoms with van der Waals surface area (Å²) in [4.78, 5) is 20.1. The van der Waals surface area contributed by atoms with Crippen molar-refractivity contribution in [2.45, 2.75) is 19.3 Å². The van der Waals surface area contributed by atoms with Gasteiger partial charge < -0.3 is 0 Å². The summed E-state index contributed by atoms with van der Waals surface area (Å²) in [6.45, 7) is 4.65. The van der Waals surface area contributed by atoms with Gasteiger partial charge in [-0.05, 0) is 96.0 Å². The van der Waals surface area contributed by atoms with Crippen LogP contribution >= 0.6 is 0 Å². The first-order valence-electron chi connectivity index (χ1n) is 19.5. The van der Waals surface area contributed by atoms with Crippen LogP contribution in [0.3, 0.4) is 0 Å². The lowest BCUT2D eigenvalue weighted by Crippen LogP contribution is -2.14. The summed E-state index contributed by atoms with van der Waals surface area (Å²) in [7, 11) is 0. The fraction of sp³-hybridized carbons (Fsp3) is 0.0566. The van der Waals surface area contributed by atoms with E-state index < -0.39 is 0 Å². The number of rotatable bonds is 5. The maximum atomic E-state index is 5.22. The van der Waals surface area contributed by atoms with E-state index in [0.717, 1.165) is 33.5 Å². The summed E-state index contributed by atoms with van der Waals surface area (Å²) in [5.41, 5.74) is 12.3. The molecule has 2 aromatic heterocycles. The molecule has 0 amide bonds. The van der Waals surface area contributed by atoms with Gasteiger partial charge in [0.2, 0.25) is 0 Å².